The highest BCUT2D eigenvalue weighted by atomic mass is 15.2. The van der Waals surface area contributed by atoms with Crippen LogP contribution in [0.2, 0.25) is 0 Å². The van der Waals surface area contributed by atoms with Gasteiger partial charge in [0.05, 0.1) is 6.07 Å². The lowest BCUT2D eigenvalue weighted by Gasteiger charge is -2.50. The largest absolute Gasteiger partial charge is 0.295 e. The van der Waals surface area contributed by atoms with E-state index in [9.17, 15) is 0 Å². The first-order valence-corrected chi connectivity index (χ1v) is 7.27. The van der Waals surface area contributed by atoms with Gasteiger partial charge in [-0.25, -0.2) is 0 Å². The fraction of sp³-hybridized carbons (Fsp3) is 0.933. The third-order valence-electron chi connectivity index (χ3n) is 4.79. The van der Waals surface area contributed by atoms with E-state index in [0.717, 1.165) is 19.0 Å². The molecule has 1 unspecified atom stereocenters. The summed E-state index contributed by atoms with van der Waals surface area (Å²) in [5, 5.41) is 8.88. The zero-order chi connectivity index (χ0) is 12.3. The summed E-state index contributed by atoms with van der Waals surface area (Å²) in [5.74, 6) is 0.620. The van der Waals surface area contributed by atoms with Gasteiger partial charge in [-0.1, -0.05) is 19.3 Å². The Morgan fingerprint density at radius 2 is 1.88 bits per heavy atom. The van der Waals surface area contributed by atoms with Gasteiger partial charge >= 0.3 is 0 Å². The van der Waals surface area contributed by atoms with Gasteiger partial charge in [0.1, 0.15) is 0 Å². The average Bonchev–Trinajstić information content (AvgIpc) is 2.33. The van der Waals surface area contributed by atoms with E-state index in [1.807, 2.05) is 0 Å². The Bertz CT molecular complexity index is 284. The molecule has 0 spiro atoms. The van der Waals surface area contributed by atoms with Crippen LogP contribution in [0.3, 0.4) is 0 Å². The molecule has 0 N–H and O–H groups in total. The van der Waals surface area contributed by atoms with Crippen LogP contribution < -0.4 is 0 Å². The third kappa shape index (κ3) is 3.01. The Hall–Kier alpha value is -0.550. The summed E-state index contributed by atoms with van der Waals surface area (Å²) >= 11 is 0. The van der Waals surface area contributed by atoms with Crippen molar-refractivity contribution in [3.8, 4) is 6.07 Å². The van der Waals surface area contributed by atoms with E-state index in [4.69, 9.17) is 5.26 Å². The second-order valence-electron chi connectivity index (χ2n) is 6.52. The standard InChI is InChI=1S/C15H26N2/c1-15(2)10-8-13(9-11-16)12-17(15)14-6-4-3-5-7-14/h13-14H,3-10,12H2,1-2H3. The van der Waals surface area contributed by atoms with Gasteiger partial charge in [-0.3, -0.25) is 4.90 Å². The van der Waals surface area contributed by atoms with Crippen LogP contribution in [0.5, 0.6) is 0 Å². The first-order valence-electron chi connectivity index (χ1n) is 7.27. The molecule has 0 aromatic carbocycles. The van der Waals surface area contributed by atoms with Gasteiger partial charge in [-0.05, 0) is 45.4 Å². The summed E-state index contributed by atoms with van der Waals surface area (Å²) in [6.45, 7) is 5.94. The Labute approximate surface area is 106 Å². The zero-order valence-electron chi connectivity index (χ0n) is 11.4. The second kappa shape index (κ2) is 5.40. The van der Waals surface area contributed by atoms with Crippen LogP contribution in [0.1, 0.15) is 65.2 Å². The van der Waals surface area contributed by atoms with E-state index < -0.39 is 0 Å². The Kier molecular flexibility index (Phi) is 4.09. The smallest absolute Gasteiger partial charge is 0.0625 e. The van der Waals surface area contributed by atoms with Crippen LogP contribution in [0.25, 0.3) is 0 Å². The molecule has 2 rings (SSSR count). The van der Waals surface area contributed by atoms with E-state index in [-0.39, 0.29) is 0 Å². The van der Waals surface area contributed by atoms with E-state index in [2.05, 4.69) is 24.8 Å². The van der Waals surface area contributed by atoms with Crippen molar-refractivity contribution >= 4 is 0 Å². The lowest BCUT2D eigenvalue weighted by atomic mass is 9.80. The number of nitriles is 1. The quantitative estimate of drug-likeness (QED) is 0.728. The van der Waals surface area contributed by atoms with E-state index in [1.54, 1.807) is 0 Å². The molecule has 0 aromatic heterocycles. The normalized spacial score (nSPS) is 31.0. The lowest BCUT2D eigenvalue weighted by molar-refractivity contribution is -0.00510. The Morgan fingerprint density at radius 1 is 1.18 bits per heavy atom. The molecule has 1 aliphatic heterocycles. The number of hydrogen-bond acceptors (Lipinski definition) is 2. The summed E-state index contributed by atoms with van der Waals surface area (Å²) in [4.78, 5) is 2.73. The van der Waals surface area contributed by atoms with Crippen molar-refractivity contribution in [2.45, 2.75) is 76.8 Å². The van der Waals surface area contributed by atoms with Crippen molar-refractivity contribution in [2.75, 3.05) is 6.54 Å². The molecule has 17 heavy (non-hydrogen) atoms. The molecule has 0 amide bonds. The molecule has 1 saturated heterocycles. The highest BCUT2D eigenvalue weighted by Gasteiger charge is 2.38. The minimum Gasteiger partial charge on any atom is -0.295 e. The summed E-state index contributed by atoms with van der Waals surface area (Å²) in [7, 11) is 0. The molecule has 2 fully saturated rings. The summed E-state index contributed by atoms with van der Waals surface area (Å²) in [5.41, 5.74) is 0.355. The van der Waals surface area contributed by atoms with Crippen LogP contribution in [0.4, 0.5) is 0 Å². The van der Waals surface area contributed by atoms with Crippen LogP contribution in [0, 0.1) is 17.2 Å². The van der Waals surface area contributed by atoms with Gasteiger partial charge in [0.2, 0.25) is 0 Å². The molecule has 1 heterocycles. The van der Waals surface area contributed by atoms with Crippen LogP contribution in [-0.2, 0) is 0 Å². The van der Waals surface area contributed by atoms with Crippen molar-refractivity contribution in [1.82, 2.24) is 4.90 Å². The minimum atomic E-state index is 0.355. The van der Waals surface area contributed by atoms with Gasteiger partial charge in [0.25, 0.3) is 0 Å². The van der Waals surface area contributed by atoms with E-state index in [0.29, 0.717) is 11.5 Å². The van der Waals surface area contributed by atoms with Crippen molar-refractivity contribution in [3.05, 3.63) is 0 Å². The summed E-state index contributed by atoms with van der Waals surface area (Å²) in [6.07, 6.45) is 10.2. The monoisotopic (exact) mass is 234 g/mol. The molecule has 2 heteroatoms. The predicted octanol–water partition coefficient (Wildman–Crippen LogP) is 3.72. The van der Waals surface area contributed by atoms with Crippen molar-refractivity contribution in [3.63, 3.8) is 0 Å². The van der Waals surface area contributed by atoms with Gasteiger partial charge in [0.15, 0.2) is 0 Å². The van der Waals surface area contributed by atoms with E-state index >= 15 is 0 Å². The lowest BCUT2D eigenvalue weighted by Crippen LogP contribution is -2.55. The summed E-state index contributed by atoms with van der Waals surface area (Å²) < 4.78 is 0. The maximum atomic E-state index is 8.88. The number of likely N-dealkylation sites (tertiary alicyclic amines) is 1. The molecule has 1 saturated carbocycles. The maximum Gasteiger partial charge on any atom is 0.0625 e. The Morgan fingerprint density at radius 3 is 2.53 bits per heavy atom. The van der Waals surface area contributed by atoms with Crippen molar-refractivity contribution in [2.24, 2.45) is 5.92 Å². The first-order chi connectivity index (χ1) is 8.13. The molecule has 0 radical (unpaired) electrons. The molecule has 2 nitrogen and oxygen atoms in total. The molecule has 1 atom stereocenters. The van der Waals surface area contributed by atoms with Crippen LogP contribution in [-0.4, -0.2) is 23.0 Å². The SMILES string of the molecule is CC1(C)CCC(CC#N)CN1C1CCCCC1. The Balaban J connectivity index is 2.02. The third-order valence-corrected chi connectivity index (χ3v) is 4.79. The van der Waals surface area contributed by atoms with Crippen LogP contribution in [0.15, 0.2) is 0 Å². The first kappa shape index (κ1) is 12.9. The molecule has 0 bridgehead atoms. The highest BCUT2D eigenvalue weighted by molar-refractivity contribution is 4.95. The number of piperidine rings is 1. The second-order valence-corrected chi connectivity index (χ2v) is 6.52. The molecule has 1 aliphatic carbocycles. The minimum absolute atomic E-state index is 0.355. The molecule has 2 aliphatic rings. The topological polar surface area (TPSA) is 27.0 Å². The molecular formula is C15H26N2. The number of hydrogen-bond donors (Lipinski definition) is 0. The molecule has 96 valence electrons. The summed E-state index contributed by atoms with van der Waals surface area (Å²) in [6, 6.07) is 3.15. The van der Waals surface area contributed by atoms with Crippen LogP contribution >= 0.6 is 0 Å². The number of nitrogens with zero attached hydrogens (tertiary/aromatic N) is 2. The van der Waals surface area contributed by atoms with Crippen molar-refractivity contribution < 1.29 is 0 Å². The average molecular weight is 234 g/mol. The predicted molar refractivity (Wildman–Crippen MR) is 70.6 cm³/mol. The van der Waals surface area contributed by atoms with E-state index in [1.165, 1.54) is 44.9 Å². The van der Waals surface area contributed by atoms with Gasteiger partial charge in [-0.2, -0.15) is 5.26 Å². The maximum absolute atomic E-state index is 8.88. The van der Waals surface area contributed by atoms with Gasteiger partial charge in [0, 0.05) is 24.5 Å². The molecular weight excluding hydrogens is 208 g/mol. The highest BCUT2D eigenvalue weighted by Crippen LogP contribution is 2.37. The van der Waals surface area contributed by atoms with Gasteiger partial charge < -0.3 is 0 Å². The zero-order valence-corrected chi connectivity index (χ0v) is 11.4. The number of rotatable bonds is 2. The fourth-order valence-corrected chi connectivity index (χ4v) is 3.65. The van der Waals surface area contributed by atoms with Crippen molar-refractivity contribution in [1.29, 1.82) is 5.26 Å². The fourth-order valence-electron chi connectivity index (χ4n) is 3.65. The molecule has 0 aromatic rings. The van der Waals surface area contributed by atoms with Gasteiger partial charge in [-0.15, -0.1) is 0 Å².